The summed E-state index contributed by atoms with van der Waals surface area (Å²) in [7, 11) is 0.244. The lowest BCUT2D eigenvalue weighted by molar-refractivity contribution is -0.121. The van der Waals surface area contributed by atoms with Crippen molar-refractivity contribution in [2.45, 2.75) is 24.3 Å². The predicted octanol–water partition coefficient (Wildman–Crippen LogP) is 2.23. The second kappa shape index (κ2) is 9.23. The summed E-state index contributed by atoms with van der Waals surface area (Å²) in [5.41, 5.74) is 0.738. The van der Waals surface area contributed by atoms with Gasteiger partial charge in [-0.2, -0.15) is 9.29 Å². The molecule has 0 saturated carbocycles. The van der Waals surface area contributed by atoms with Crippen LogP contribution in [0.25, 0.3) is 11.4 Å². The van der Waals surface area contributed by atoms with E-state index in [-0.39, 0.29) is 47.4 Å². The highest BCUT2D eigenvalue weighted by Crippen LogP contribution is 2.35. The normalized spacial score (nSPS) is 14.2. The van der Waals surface area contributed by atoms with Gasteiger partial charge in [-0.25, -0.2) is 13.3 Å². The third-order valence-corrected chi connectivity index (χ3v) is 7.10. The number of amides is 2. The molecule has 0 radical (unpaired) electrons. The number of ether oxygens (including phenoxy) is 2. The standard InChI is InChI=1S/C22H22N4O7S/c1-25(13-19-23-22(24-33-19)14-5-4-6-15(11-14)31-2)34(29,30)16-7-8-18(32-3)17(12-16)26-20(27)9-10-21(26)28/h4-8,11-12H,9-10,13H2,1-3H3. The van der Waals surface area contributed by atoms with Crippen LogP contribution in [0.15, 0.2) is 51.9 Å². The fourth-order valence-corrected chi connectivity index (χ4v) is 4.65. The van der Waals surface area contributed by atoms with Crippen LogP contribution >= 0.6 is 0 Å². The van der Waals surface area contributed by atoms with Crippen molar-refractivity contribution in [2.75, 3.05) is 26.2 Å². The summed E-state index contributed by atoms with van der Waals surface area (Å²) in [6.45, 7) is -0.192. The average molecular weight is 487 g/mol. The Kier molecular flexibility index (Phi) is 6.35. The number of carbonyl (C=O) groups is 2. The highest BCUT2D eigenvalue weighted by Gasteiger charge is 2.34. The van der Waals surface area contributed by atoms with Crippen LogP contribution in [0.5, 0.6) is 11.5 Å². The molecule has 11 nitrogen and oxygen atoms in total. The number of hydrogen-bond acceptors (Lipinski definition) is 9. The summed E-state index contributed by atoms with van der Waals surface area (Å²) in [4.78, 5) is 29.5. The fourth-order valence-electron chi connectivity index (χ4n) is 3.50. The molecule has 0 unspecified atom stereocenters. The molecule has 0 spiro atoms. The largest absolute Gasteiger partial charge is 0.497 e. The Morgan fingerprint density at radius 3 is 2.47 bits per heavy atom. The molecular formula is C22H22N4O7S. The SMILES string of the molecule is COc1cccc(-c2noc(CN(C)S(=O)(=O)c3ccc(OC)c(N4C(=O)CCC4=O)c3)n2)c1. The van der Waals surface area contributed by atoms with E-state index in [2.05, 4.69) is 10.1 Å². The maximum atomic E-state index is 13.2. The quantitative estimate of drug-likeness (QED) is 0.440. The fraction of sp³-hybridized carbons (Fsp3) is 0.273. The Hall–Kier alpha value is -3.77. The van der Waals surface area contributed by atoms with Crippen LogP contribution in [0.4, 0.5) is 5.69 Å². The minimum absolute atomic E-state index is 0.0612. The summed E-state index contributed by atoms with van der Waals surface area (Å²) < 4.78 is 43.1. The Morgan fingerprint density at radius 1 is 1.06 bits per heavy atom. The van der Waals surface area contributed by atoms with E-state index in [9.17, 15) is 18.0 Å². The van der Waals surface area contributed by atoms with Gasteiger partial charge >= 0.3 is 0 Å². The number of benzene rings is 2. The molecule has 1 aliphatic heterocycles. The summed E-state index contributed by atoms with van der Waals surface area (Å²) in [5.74, 6) is 0.378. The molecule has 1 aliphatic rings. The van der Waals surface area contributed by atoms with Gasteiger partial charge in [0.25, 0.3) is 0 Å². The molecule has 3 aromatic rings. The number of methoxy groups -OCH3 is 2. The van der Waals surface area contributed by atoms with Gasteiger partial charge in [0.2, 0.25) is 33.6 Å². The van der Waals surface area contributed by atoms with Gasteiger partial charge in [0.05, 0.1) is 31.3 Å². The Balaban J connectivity index is 1.59. The number of sulfonamides is 1. The molecule has 12 heteroatoms. The first-order valence-electron chi connectivity index (χ1n) is 10.2. The first-order valence-corrected chi connectivity index (χ1v) is 11.7. The molecule has 0 aliphatic carbocycles. The molecule has 2 heterocycles. The highest BCUT2D eigenvalue weighted by atomic mass is 32.2. The van der Waals surface area contributed by atoms with Crippen LogP contribution < -0.4 is 14.4 Å². The van der Waals surface area contributed by atoms with E-state index in [1.807, 2.05) is 0 Å². The van der Waals surface area contributed by atoms with Crippen LogP contribution in [0.3, 0.4) is 0 Å². The molecule has 0 N–H and O–H groups in total. The Morgan fingerprint density at radius 2 is 1.79 bits per heavy atom. The van der Waals surface area contributed by atoms with E-state index in [0.29, 0.717) is 11.3 Å². The maximum absolute atomic E-state index is 13.2. The summed E-state index contributed by atoms with van der Waals surface area (Å²) in [6.07, 6.45) is 0.122. The number of imide groups is 1. The van der Waals surface area contributed by atoms with E-state index in [4.69, 9.17) is 14.0 Å². The summed E-state index contributed by atoms with van der Waals surface area (Å²) in [6, 6.07) is 11.1. The Bertz CT molecular complexity index is 1340. The zero-order valence-corrected chi connectivity index (χ0v) is 19.5. The lowest BCUT2D eigenvalue weighted by Crippen LogP contribution is -2.30. The van der Waals surface area contributed by atoms with Crippen molar-refractivity contribution < 1.29 is 32.0 Å². The maximum Gasteiger partial charge on any atom is 0.243 e. The smallest absolute Gasteiger partial charge is 0.243 e. The first-order chi connectivity index (χ1) is 16.2. The van der Waals surface area contributed by atoms with Crippen LogP contribution in [-0.4, -0.2) is 55.9 Å². The lowest BCUT2D eigenvalue weighted by Gasteiger charge is -2.20. The molecule has 0 atom stereocenters. The van der Waals surface area contributed by atoms with Crippen molar-refractivity contribution in [3.05, 3.63) is 48.4 Å². The first kappa shape index (κ1) is 23.4. The highest BCUT2D eigenvalue weighted by molar-refractivity contribution is 7.89. The number of carbonyl (C=O) groups excluding carboxylic acids is 2. The average Bonchev–Trinajstić information content (AvgIpc) is 3.44. The molecule has 2 aromatic carbocycles. The number of hydrogen-bond donors (Lipinski definition) is 0. The second-order valence-corrected chi connectivity index (χ2v) is 9.51. The van der Waals surface area contributed by atoms with Gasteiger partial charge in [-0.3, -0.25) is 9.59 Å². The second-order valence-electron chi connectivity index (χ2n) is 7.46. The van der Waals surface area contributed by atoms with Gasteiger partial charge in [0.1, 0.15) is 11.5 Å². The van der Waals surface area contributed by atoms with Gasteiger partial charge in [-0.1, -0.05) is 17.3 Å². The van der Waals surface area contributed by atoms with Gasteiger partial charge in [0, 0.05) is 25.5 Å². The van der Waals surface area contributed by atoms with Crippen molar-refractivity contribution in [1.82, 2.24) is 14.4 Å². The van der Waals surface area contributed by atoms with Crippen LogP contribution in [0.1, 0.15) is 18.7 Å². The molecule has 2 amide bonds. The lowest BCUT2D eigenvalue weighted by atomic mass is 10.2. The zero-order valence-electron chi connectivity index (χ0n) is 18.7. The summed E-state index contributed by atoms with van der Waals surface area (Å²) in [5, 5.41) is 3.91. The molecule has 1 fully saturated rings. The van der Waals surface area contributed by atoms with Crippen molar-refractivity contribution in [1.29, 1.82) is 0 Å². The Labute approximate surface area is 195 Å². The minimum Gasteiger partial charge on any atom is -0.497 e. The molecule has 1 aromatic heterocycles. The minimum atomic E-state index is -4.03. The molecule has 1 saturated heterocycles. The van der Waals surface area contributed by atoms with Crippen LogP contribution in [0.2, 0.25) is 0 Å². The molecule has 178 valence electrons. The van der Waals surface area contributed by atoms with Gasteiger partial charge in [-0.05, 0) is 30.3 Å². The third-order valence-electron chi connectivity index (χ3n) is 5.30. The van der Waals surface area contributed by atoms with E-state index in [0.717, 1.165) is 9.21 Å². The zero-order chi connectivity index (χ0) is 24.5. The third kappa shape index (κ3) is 4.37. The molecule has 0 bridgehead atoms. The summed E-state index contributed by atoms with van der Waals surface area (Å²) >= 11 is 0. The van der Waals surface area contributed by atoms with Crippen LogP contribution in [0, 0.1) is 0 Å². The topological polar surface area (TPSA) is 132 Å². The monoisotopic (exact) mass is 486 g/mol. The van der Waals surface area contributed by atoms with Gasteiger partial charge < -0.3 is 14.0 Å². The molecule has 4 rings (SSSR count). The van der Waals surface area contributed by atoms with Crippen molar-refractivity contribution in [2.24, 2.45) is 0 Å². The number of aromatic nitrogens is 2. The molecule has 34 heavy (non-hydrogen) atoms. The van der Waals surface area contributed by atoms with Gasteiger partial charge in [-0.15, -0.1) is 0 Å². The van der Waals surface area contributed by atoms with E-state index in [1.165, 1.54) is 32.4 Å². The van der Waals surface area contributed by atoms with Gasteiger partial charge in [0.15, 0.2) is 0 Å². The molecular weight excluding hydrogens is 464 g/mol. The van der Waals surface area contributed by atoms with E-state index in [1.54, 1.807) is 31.4 Å². The number of rotatable bonds is 8. The van der Waals surface area contributed by atoms with E-state index < -0.39 is 21.8 Å². The van der Waals surface area contributed by atoms with E-state index >= 15 is 0 Å². The van der Waals surface area contributed by atoms with Crippen molar-refractivity contribution in [3.63, 3.8) is 0 Å². The number of anilines is 1. The predicted molar refractivity (Wildman–Crippen MR) is 120 cm³/mol. The van der Waals surface area contributed by atoms with Crippen molar-refractivity contribution >= 4 is 27.5 Å². The van der Waals surface area contributed by atoms with Crippen LogP contribution in [-0.2, 0) is 26.2 Å². The van der Waals surface area contributed by atoms with Crippen molar-refractivity contribution in [3.8, 4) is 22.9 Å². The number of nitrogens with zero attached hydrogens (tertiary/aromatic N) is 4.